The molecule has 0 spiro atoms. The molecular weight excluding hydrogens is 450 g/mol. The molecule has 2 heterocycles. The molecule has 0 aromatic heterocycles. The van der Waals surface area contributed by atoms with Crippen LogP contribution in [-0.2, 0) is 24.8 Å². The fraction of sp³-hybridized carbons (Fsp3) is 0.409. The molecule has 172 valence electrons. The highest BCUT2D eigenvalue weighted by Crippen LogP contribution is 2.30. The molecule has 2 fully saturated rings. The van der Waals surface area contributed by atoms with Crippen molar-refractivity contribution in [1.29, 1.82) is 0 Å². The summed E-state index contributed by atoms with van der Waals surface area (Å²) in [5.74, 6) is -0.113. The number of piperidine rings is 1. The van der Waals surface area contributed by atoms with Crippen LogP contribution in [0.15, 0.2) is 47.4 Å². The van der Waals surface area contributed by atoms with Gasteiger partial charge in [0.2, 0.25) is 15.9 Å². The molecule has 0 radical (unpaired) electrons. The molecule has 2 aliphatic heterocycles. The van der Waals surface area contributed by atoms with Gasteiger partial charge in [0.25, 0.3) is 10.0 Å². The molecule has 2 aromatic carbocycles. The number of aryl methyl sites for hydroxylation is 1. The van der Waals surface area contributed by atoms with Crippen LogP contribution in [0, 0.1) is 12.8 Å². The lowest BCUT2D eigenvalue weighted by Gasteiger charge is -2.32. The summed E-state index contributed by atoms with van der Waals surface area (Å²) in [4.78, 5) is 14.3. The van der Waals surface area contributed by atoms with E-state index in [1.165, 1.54) is 18.2 Å². The lowest BCUT2D eigenvalue weighted by molar-refractivity contribution is -0.116. The van der Waals surface area contributed by atoms with Gasteiger partial charge in [-0.05, 0) is 67.6 Å². The monoisotopic (exact) mass is 477 g/mol. The second kappa shape index (κ2) is 8.40. The molecule has 0 bridgehead atoms. The number of nitrogens with zero attached hydrogens (tertiary/aromatic N) is 2. The number of sulfonamides is 2. The van der Waals surface area contributed by atoms with Crippen molar-refractivity contribution in [3.8, 4) is 0 Å². The highest BCUT2D eigenvalue weighted by Gasteiger charge is 2.37. The Balaban J connectivity index is 1.57. The summed E-state index contributed by atoms with van der Waals surface area (Å²) in [5, 5.41) is 0. The number of hydrogen-bond acceptors (Lipinski definition) is 6. The van der Waals surface area contributed by atoms with Crippen LogP contribution in [0.25, 0.3) is 0 Å². The Morgan fingerprint density at radius 1 is 1.00 bits per heavy atom. The molecule has 2 aromatic rings. The summed E-state index contributed by atoms with van der Waals surface area (Å²) < 4.78 is 53.9. The number of nitrogens with one attached hydrogen (secondary N) is 1. The van der Waals surface area contributed by atoms with Gasteiger partial charge in [-0.25, -0.2) is 21.1 Å². The van der Waals surface area contributed by atoms with Gasteiger partial charge in [0, 0.05) is 30.9 Å². The Labute approximate surface area is 189 Å². The van der Waals surface area contributed by atoms with Crippen molar-refractivity contribution in [2.45, 2.75) is 38.0 Å². The number of hydrogen-bond donors (Lipinski definition) is 1. The number of carbonyl (C=O) groups excluding carboxylic acids is 1. The molecular formula is C22H27N3O5S2. The summed E-state index contributed by atoms with van der Waals surface area (Å²) in [6, 6.07) is 11.4. The summed E-state index contributed by atoms with van der Waals surface area (Å²) in [6.07, 6.45) is 2.16. The summed E-state index contributed by atoms with van der Waals surface area (Å²) in [7, 11) is -7.77. The average molecular weight is 478 g/mol. The molecule has 10 heteroatoms. The van der Waals surface area contributed by atoms with E-state index in [2.05, 4.69) is 16.5 Å². The first kappa shape index (κ1) is 22.6. The molecule has 1 N–H and O–H groups in total. The zero-order chi connectivity index (χ0) is 23.1. The average Bonchev–Trinajstić information content (AvgIpc) is 3.02. The van der Waals surface area contributed by atoms with Gasteiger partial charge < -0.3 is 4.90 Å². The first-order chi connectivity index (χ1) is 15.1. The van der Waals surface area contributed by atoms with E-state index in [1.807, 2.05) is 12.1 Å². The van der Waals surface area contributed by atoms with Gasteiger partial charge in [-0.3, -0.25) is 9.52 Å². The van der Waals surface area contributed by atoms with Crippen LogP contribution in [-0.4, -0.2) is 41.6 Å². The van der Waals surface area contributed by atoms with Crippen LogP contribution in [0.4, 0.5) is 17.1 Å². The minimum Gasteiger partial charge on any atom is -0.372 e. The lowest BCUT2D eigenvalue weighted by Crippen LogP contribution is -2.32. The normalized spacial score (nSPS) is 19.4. The SMILES string of the molecule is Cc1ccc(N2C(=O)CCS2(=O)=O)cc1S(=O)(=O)Nc1ccc(N2CCC(C)CC2)cc1. The van der Waals surface area contributed by atoms with Gasteiger partial charge in [0.15, 0.2) is 0 Å². The highest BCUT2D eigenvalue weighted by molar-refractivity contribution is 7.94. The minimum absolute atomic E-state index is 0.0353. The maximum atomic E-state index is 13.1. The Kier molecular flexibility index (Phi) is 5.93. The van der Waals surface area contributed by atoms with Gasteiger partial charge in [-0.2, -0.15) is 0 Å². The molecule has 1 amide bonds. The van der Waals surface area contributed by atoms with E-state index < -0.39 is 26.0 Å². The maximum absolute atomic E-state index is 13.1. The maximum Gasteiger partial charge on any atom is 0.262 e. The Bertz CT molecular complexity index is 1230. The van der Waals surface area contributed by atoms with Crippen molar-refractivity contribution < 1.29 is 21.6 Å². The van der Waals surface area contributed by atoms with Crippen molar-refractivity contribution in [2.24, 2.45) is 5.92 Å². The summed E-state index contributed by atoms with van der Waals surface area (Å²) in [6.45, 7) is 5.84. The zero-order valence-corrected chi connectivity index (χ0v) is 19.7. The van der Waals surface area contributed by atoms with Gasteiger partial charge in [-0.1, -0.05) is 13.0 Å². The van der Waals surface area contributed by atoms with E-state index >= 15 is 0 Å². The number of benzene rings is 2. The van der Waals surface area contributed by atoms with Crippen LogP contribution >= 0.6 is 0 Å². The van der Waals surface area contributed by atoms with E-state index in [0.717, 1.165) is 37.5 Å². The van der Waals surface area contributed by atoms with Crippen molar-refractivity contribution in [3.05, 3.63) is 48.0 Å². The van der Waals surface area contributed by atoms with E-state index in [0.29, 0.717) is 15.6 Å². The van der Waals surface area contributed by atoms with Crippen molar-refractivity contribution >= 4 is 43.0 Å². The van der Waals surface area contributed by atoms with E-state index in [4.69, 9.17) is 0 Å². The number of rotatable bonds is 5. The smallest absolute Gasteiger partial charge is 0.262 e. The third kappa shape index (κ3) is 4.47. The Morgan fingerprint density at radius 3 is 2.22 bits per heavy atom. The number of carbonyl (C=O) groups is 1. The summed E-state index contributed by atoms with van der Waals surface area (Å²) >= 11 is 0. The second-order valence-electron chi connectivity index (χ2n) is 8.50. The van der Waals surface area contributed by atoms with Gasteiger partial charge in [0.1, 0.15) is 0 Å². The van der Waals surface area contributed by atoms with Crippen LogP contribution in [0.2, 0.25) is 0 Å². The van der Waals surface area contributed by atoms with Gasteiger partial charge >= 0.3 is 0 Å². The third-order valence-corrected chi connectivity index (χ3v) is 9.26. The molecule has 4 rings (SSSR count). The lowest BCUT2D eigenvalue weighted by atomic mass is 9.99. The van der Waals surface area contributed by atoms with Crippen LogP contribution in [0.5, 0.6) is 0 Å². The Hall–Kier alpha value is -2.59. The van der Waals surface area contributed by atoms with Gasteiger partial charge in [0.05, 0.1) is 16.3 Å². The molecule has 2 saturated heterocycles. The van der Waals surface area contributed by atoms with Gasteiger partial charge in [-0.15, -0.1) is 0 Å². The van der Waals surface area contributed by atoms with Crippen LogP contribution < -0.4 is 13.9 Å². The van der Waals surface area contributed by atoms with Crippen LogP contribution in [0.3, 0.4) is 0 Å². The molecule has 0 saturated carbocycles. The number of anilines is 3. The molecule has 0 atom stereocenters. The van der Waals surface area contributed by atoms with Crippen LogP contribution in [0.1, 0.15) is 31.7 Å². The molecule has 2 aliphatic rings. The third-order valence-electron chi connectivity index (χ3n) is 6.04. The topological polar surface area (TPSA) is 104 Å². The van der Waals surface area contributed by atoms with E-state index in [1.54, 1.807) is 19.1 Å². The molecule has 0 unspecified atom stereocenters. The van der Waals surface area contributed by atoms with E-state index in [9.17, 15) is 21.6 Å². The second-order valence-corrected chi connectivity index (χ2v) is 12.1. The molecule has 8 nitrogen and oxygen atoms in total. The quantitative estimate of drug-likeness (QED) is 0.710. The Morgan fingerprint density at radius 2 is 1.62 bits per heavy atom. The standard InChI is InChI=1S/C22H27N3O5S2/c1-16-9-12-24(13-10-16)19-7-4-18(5-8-19)23-32(29,30)21-15-20(6-3-17(21)2)25-22(26)11-14-31(25,27)28/h3-8,15-16,23H,9-14H2,1-2H3. The highest BCUT2D eigenvalue weighted by atomic mass is 32.2. The molecule has 0 aliphatic carbocycles. The predicted molar refractivity (Wildman–Crippen MR) is 125 cm³/mol. The first-order valence-electron chi connectivity index (χ1n) is 10.6. The fourth-order valence-electron chi connectivity index (χ4n) is 4.09. The molecule has 32 heavy (non-hydrogen) atoms. The summed E-state index contributed by atoms with van der Waals surface area (Å²) in [5.41, 5.74) is 1.95. The van der Waals surface area contributed by atoms with Crippen molar-refractivity contribution in [1.82, 2.24) is 0 Å². The predicted octanol–water partition coefficient (Wildman–Crippen LogP) is 3.10. The van der Waals surface area contributed by atoms with E-state index in [-0.39, 0.29) is 22.8 Å². The first-order valence-corrected chi connectivity index (χ1v) is 13.7. The largest absolute Gasteiger partial charge is 0.372 e. The zero-order valence-electron chi connectivity index (χ0n) is 18.1. The van der Waals surface area contributed by atoms with Crippen molar-refractivity contribution in [3.63, 3.8) is 0 Å². The minimum atomic E-state index is -3.99. The number of amides is 1. The van der Waals surface area contributed by atoms with Crippen molar-refractivity contribution in [2.75, 3.05) is 32.8 Å². The fourth-order valence-corrected chi connectivity index (χ4v) is 6.87.